The number of benzene rings is 1. The third kappa shape index (κ3) is 5.17. The lowest BCUT2D eigenvalue weighted by Gasteiger charge is -2.21. The molecule has 2 atom stereocenters. The van der Waals surface area contributed by atoms with Crippen molar-refractivity contribution in [2.45, 2.75) is 49.7 Å². The Balaban J connectivity index is 2.10. The first-order valence-corrected chi connectivity index (χ1v) is 9.04. The van der Waals surface area contributed by atoms with Gasteiger partial charge in [-0.25, -0.2) is 0 Å². The molecule has 0 spiro atoms. The van der Waals surface area contributed by atoms with Crippen molar-refractivity contribution in [3.05, 3.63) is 54.6 Å². The van der Waals surface area contributed by atoms with Gasteiger partial charge in [-0.05, 0) is 43.2 Å². The predicted molar refractivity (Wildman–Crippen MR) is 96.2 cm³/mol. The van der Waals surface area contributed by atoms with Crippen LogP contribution in [-0.2, 0) is 4.79 Å². The molecule has 1 nitrogen and oxygen atoms in total. The molecule has 0 N–H and O–H groups in total. The first-order valence-electron chi connectivity index (χ1n) is 8.16. The van der Waals surface area contributed by atoms with E-state index in [0.29, 0.717) is 24.0 Å². The largest absolute Gasteiger partial charge is 0.298 e. The molecule has 0 amide bonds. The summed E-state index contributed by atoms with van der Waals surface area (Å²) in [5.41, 5.74) is 1.14. The number of ketones is 1. The smallest absolute Gasteiger partial charge is 0.146 e. The van der Waals surface area contributed by atoms with Crippen LogP contribution in [-0.4, -0.2) is 11.0 Å². The fourth-order valence-electron chi connectivity index (χ4n) is 2.73. The number of hydrogen-bond donors (Lipinski definition) is 0. The van der Waals surface area contributed by atoms with E-state index in [4.69, 9.17) is 0 Å². The maximum atomic E-state index is 12.6. The third-order valence-electron chi connectivity index (χ3n) is 4.27. The molecule has 0 aliphatic heterocycles. The van der Waals surface area contributed by atoms with Crippen LogP contribution in [0.5, 0.6) is 0 Å². The zero-order valence-corrected chi connectivity index (χ0v) is 14.4. The first kappa shape index (κ1) is 17.1. The second-order valence-electron chi connectivity index (χ2n) is 6.39. The van der Waals surface area contributed by atoms with Crippen molar-refractivity contribution in [2.75, 3.05) is 0 Å². The highest BCUT2D eigenvalue weighted by Gasteiger charge is 2.22. The highest BCUT2D eigenvalue weighted by atomic mass is 32.2. The van der Waals surface area contributed by atoms with Crippen LogP contribution in [0.3, 0.4) is 0 Å². The number of Topliss-reactive ketones (excluding diaryl/α,β-unsaturated/α-hetero) is 1. The summed E-state index contributed by atoms with van der Waals surface area (Å²) >= 11 is 1.71. The van der Waals surface area contributed by atoms with E-state index in [9.17, 15) is 4.79 Å². The average Bonchev–Trinajstić information content (AvgIpc) is 2.51. The summed E-state index contributed by atoms with van der Waals surface area (Å²) in [5.74, 6) is 1.43. The molecule has 0 radical (unpaired) electrons. The van der Waals surface area contributed by atoms with Gasteiger partial charge in [0.15, 0.2) is 0 Å². The van der Waals surface area contributed by atoms with Crippen LogP contribution >= 0.6 is 11.8 Å². The van der Waals surface area contributed by atoms with Crippen molar-refractivity contribution in [3.63, 3.8) is 0 Å². The molecule has 0 saturated heterocycles. The van der Waals surface area contributed by atoms with Crippen LogP contribution in [0.4, 0.5) is 0 Å². The van der Waals surface area contributed by atoms with E-state index in [1.807, 2.05) is 18.2 Å². The monoisotopic (exact) mass is 314 g/mol. The summed E-state index contributed by atoms with van der Waals surface area (Å²) in [4.78, 5) is 13.8. The highest BCUT2D eigenvalue weighted by Crippen LogP contribution is 2.31. The van der Waals surface area contributed by atoms with Gasteiger partial charge in [0.1, 0.15) is 5.78 Å². The normalized spacial score (nSPS) is 25.2. The molecule has 0 heterocycles. The molecule has 0 saturated carbocycles. The molecule has 0 fully saturated rings. The van der Waals surface area contributed by atoms with Gasteiger partial charge in [0.25, 0.3) is 0 Å². The minimum absolute atomic E-state index is 0.0541. The van der Waals surface area contributed by atoms with Crippen LogP contribution in [0.1, 0.15) is 39.5 Å². The predicted octanol–water partition coefficient (Wildman–Crippen LogP) is 5.68. The topological polar surface area (TPSA) is 17.1 Å². The number of carbonyl (C=O) groups is 1. The SMILES string of the molecule is C=C1/C=C/[C@H](C(C)C)CCC(=O)C(Sc2ccccc2)CC1. The van der Waals surface area contributed by atoms with Gasteiger partial charge in [-0.15, -0.1) is 11.8 Å². The molecule has 118 valence electrons. The lowest BCUT2D eigenvalue weighted by atomic mass is 9.87. The van der Waals surface area contributed by atoms with Gasteiger partial charge in [0.05, 0.1) is 5.25 Å². The van der Waals surface area contributed by atoms with Crippen LogP contribution in [0.15, 0.2) is 59.5 Å². The van der Waals surface area contributed by atoms with Crippen LogP contribution in [0.25, 0.3) is 0 Å². The van der Waals surface area contributed by atoms with E-state index in [1.165, 1.54) is 4.90 Å². The van der Waals surface area contributed by atoms with Crippen molar-refractivity contribution in [2.24, 2.45) is 11.8 Å². The van der Waals surface area contributed by atoms with Gasteiger partial charge in [-0.2, -0.15) is 0 Å². The Morgan fingerprint density at radius 2 is 1.86 bits per heavy atom. The third-order valence-corrected chi connectivity index (χ3v) is 5.60. The molecule has 22 heavy (non-hydrogen) atoms. The Morgan fingerprint density at radius 3 is 2.55 bits per heavy atom. The molecule has 1 aliphatic rings. The minimum atomic E-state index is 0.0541. The maximum absolute atomic E-state index is 12.6. The second kappa shape index (κ2) is 8.38. The molecule has 1 aliphatic carbocycles. The molecule has 1 aromatic carbocycles. The van der Waals surface area contributed by atoms with E-state index < -0.39 is 0 Å². The Kier molecular flexibility index (Phi) is 6.50. The van der Waals surface area contributed by atoms with E-state index in [2.05, 4.69) is 44.7 Å². The summed E-state index contributed by atoms with van der Waals surface area (Å²) in [6.45, 7) is 8.59. The molecule has 1 unspecified atom stereocenters. The highest BCUT2D eigenvalue weighted by molar-refractivity contribution is 8.00. The zero-order chi connectivity index (χ0) is 15.9. The Labute approximate surface area is 138 Å². The van der Waals surface area contributed by atoms with E-state index in [-0.39, 0.29) is 5.25 Å². The van der Waals surface area contributed by atoms with Gasteiger partial charge in [0.2, 0.25) is 0 Å². The maximum Gasteiger partial charge on any atom is 0.146 e. The van der Waals surface area contributed by atoms with Crippen molar-refractivity contribution >= 4 is 17.5 Å². The fraction of sp³-hybridized carbons (Fsp3) is 0.450. The number of carbonyl (C=O) groups excluding carboxylic acids is 1. The van der Waals surface area contributed by atoms with E-state index in [1.54, 1.807) is 11.8 Å². The van der Waals surface area contributed by atoms with Crippen molar-refractivity contribution in [1.82, 2.24) is 0 Å². The number of rotatable bonds is 3. The number of allylic oxidation sites excluding steroid dienone is 3. The molecule has 1 aromatic rings. The summed E-state index contributed by atoms with van der Waals surface area (Å²) in [6.07, 6.45) is 7.84. The van der Waals surface area contributed by atoms with Gasteiger partial charge < -0.3 is 0 Å². The van der Waals surface area contributed by atoms with Crippen molar-refractivity contribution in [1.29, 1.82) is 0 Å². The summed E-state index contributed by atoms with van der Waals surface area (Å²) in [6, 6.07) is 10.2. The number of hydrogen-bond acceptors (Lipinski definition) is 2. The van der Waals surface area contributed by atoms with Crippen LogP contribution in [0.2, 0.25) is 0 Å². The lowest BCUT2D eigenvalue weighted by molar-refractivity contribution is -0.118. The van der Waals surface area contributed by atoms with Crippen molar-refractivity contribution in [3.8, 4) is 0 Å². The Bertz CT molecular complexity index is 530. The first-order chi connectivity index (χ1) is 10.6. The standard InChI is InChI=1S/C20H26OS/c1-15(2)17-11-9-16(3)10-14-20(19(21)13-12-17)22-18-7-5-4-6-8-18/h4-9,11,15,17,20H,3,10,12-14H2,1-2H3/b11-9+/t17-,20?/m0/s1. The fourth-order valence-corrected chi connectivity index (χ4v) is 3.86. The average molecular weight is 314 g/mol. The summed E-state index contributed by atoms with van der Waals surface area (Å²) in [7, 11) is 0. The van der Waals surface area contributed by atoms with Gasteiger partial charge in [0, 0.05) is 11.3 Å². The van der Waals surface area contributed by atoms with Crippen LogP contribution < -0.4 is 0 Å². The van der Waals surface area contributed by atoms with Gasteiger partial charge in [-0.1, -0.05) is 56.4 Å². The van der Waals surface area contributed by atoms with Crippen LogP contribution in [0, 0.1) is 11.8 Å². The minimum Gasteiger partial charge on any atom is -0.298 e. The molecule has 2 heteroatoms. The quantitative estimate of drug-likeness (QED) is 0.714. The molecule has 0 bridgehead atoms. The molecular formula is C20H26OS. The Hall–Kier alpha value is -1.28. The number of thioether (sulfide) groups is 1. The van der Waals surface area contributed by atoms with E-state index >= 15 is 0 Å². The summed E-state index contributed by atoms with van der Waals surface area (Å²) < 4.78 is 0. The van der Waals surface area contributed by atoms with Crippen molar-refractivity contribution < 1.29 is 4.79 Å². The van der Waals surface area contributed by atoms with Gasteiger partial charge in [-0.3, -0.25) is 4.79 Å². The van der Waals surface area contributed by atoms with E-state index in [0.717, 1.165) is 24.8 Å². The second-order valence-corrected chi connectivity index (χ2v) is 7.66. The molecule has 0 aromatic heterocycles. The van der Waals surface area contributed by atoms with Gasteiger partial charge >= 0.3 is 0 Å². The lowest BCUT2D eigenvalue weighted by Crippen LogP contribution is -2.20. The summed E-state index contributed by atoms with van der Waals surface area (Å²) in [5, 5.41) is 0.0541. The Morgan fingerprint density at radius 1 is 1.14 bits per heavy atom. The molecular weight excluding hydrogens is 288 g/mol. The zero-order valence-electron chi connectivity index (χ0n) is 13.6. The molecule has 2 rings (SSSR count).